The molecule has 0 spiro atoms. The Morgan fingerprint density at radius 2 is 1.96 bits per heavy atom. The van der Waals surface area contributed by atoms with Gasteiger partial charge in [0.2, 0.25) is 5.91 Å². The lowest BCUT2D eigenvalue weighted by Crippen LogP contribution is -2.33. The van der Waals surface area contributed by atoms with Gasteiger partial charge in [-0.2, -0.15) is 0 Å². The third-order valence-electron chi connectivity index (χ3n) is 4.92. The molecule has 1 heterocycles. The monoisotopic (exact) mass is 400 g/mol. The molecule has 0 unspecified atom stereocenters. The van der Waals surface area contributed by atoms with Crippen molar-refractivity contribution in [2.75, 3.05) is 38.8 Å². The molecule has 0 radical (unpaired) electrons. The summed E-state index contributed by atoms with van der Waals surface area (Å²) in [7, 11) is 3.22. The number of fused-ring (bicyclic) bond motifs is 1. The lowest BCUT2D eigenvalue weighted by molar-refractivity contribution is -0.120. The molecular weight excluding hydrogens is 372 g/mol. The summed E-state index contributed by atoms with van der Waals surface area (Å²) in [4.78, 5) is 15.8. The Morgan fingerprint density at radius 1 is 1.18 bits per heavy atom. The van der Waals surface area contributed by atoms with E-state index in [0.717, 1.165) is 30.8 Å². The van der Waals surface area contributed by atoms with E-state index < -0.39 is 0 Å². The highest BCUT2D eigenvalue weighted by atomic mass is 32.2. The summed E-state index contributed by atoms with van der Waals surface area (Å²) in [6, 6.07) is 14.3. The Kier molecular flexibility index (Phi) is 7.09. The number of para-hydroxylation sites is 1. The van der Waals surface area contributed by atoms with Gasteiger partial charge in [-0.3, -0.25) is 4.79 Å². The molecule has 2 aromatic rings. The maximum Gasteiger partial charge on any atom is 0.233 e. The van der Waals surface area contributed by atoms with Crippen LogP contribution in [0.4, 0.5) is 5.69 Å². The number of hydrogen-bond donors (Lipinski definition) is 1. The lowest BCUT2D eigenvalue weighted by atomic mass is 10.2. The van der Waals surface area contributed by atoms with Gasteiger partial charge in [0.15, 0.2) is 11.5 Å². The summed E-state index contributed by atoms with van der Waals surface area (Å²) in [5.74, 6) is 1.42. The fourth-order valence-electron chi connectivity index (χ4n) is 3.41. The highest BCUT2D eigenvalue weighted by Crippen LogP contribution is 2.33. The van der Waals surface area contributed by atoms with Crippen molar-refractivity contribution >= 4 is 23.4 Å². The Morgan fingerprint density at radius 3 is 2.75 bits per heavy atom. The average molecular weight is 401 g/mol. The van der Waals surface area contributed by atoms with Crippen molar-refractivity contribution in [3.8, 4) is 11.5 Å². The number of nitrogens with zero attached hydrogens (tertiary/aromatic N) is 1. The predicted octanol–water partition coefficient (Wildman–Crippen LogP) is 3.75. The van der Waals surface area contributed by atoms with Crippen LogP contribution in [-0.2, 0) is 11.2 Å². The minimum atomic E-state index is -0.175. The molecule has 3 rings (SSSR count). The first kappa shape index (κ1) is 20.4. The largest absolute Gasteiger partial charge is 0.493 e. The van der Waals surface area contributed by atoms with Crippen LogP contribution in [0.5, 0.6) is 11.5 Å². The van der Waals surface area contributed by atoms with E-state index in [9.17, 15) is 4.79 Å². The minimum Gasteiger partial charge on any atom is -0.493 e. The second-order valence-electron chi connectivity index (χ2n) is 6.79. The highest BCUT2D eigenvalue weighted by molar-refractivity contribution is 8.00. The van der Waals surface area contributed by atoms with Crippen LogP contribution < -0.4 is 19.7 Å². The van der Waals surface area contributed by atoms with Gasteiger partial charge >= 0.3 is 0 Å². The molecule has 0 fully saturated rings. The number of hydrogen-bond acceptors (Lipinski definition) is 5. The first-order chi connectivity index (χ1) is 13.6. The van der Waals surface area contributed by atoms with Crippen LogP contribution in [0.3, 0.4) is 0 Å². The number of nitrogens with one attached hydrogen (secondary N) is 1. The number of methoxy groups -OCH3 is 2. The molecule has 0 aromatic heterocycles. The number of thioether (sulfide) groups is 1. The van der Waals surface area contributed by atoms with Gasteiger partial charge in [0.05, 0.1) is 19.5 Å². The van der Waals surface area contributed by atoms with Gasteiger partial charge in [0.25, 0.3) is 0 Å². The maximum absolute atomic E-state index is 12.4. The number of carbonyl (C=O) groups is 1. The third-order valence-corrected chi connectivity index (χ3v) is 6.02. The topological polar surface area (TPSA) is 50.8 Å². The predicted molar refractivity (Wildman–Crippen MR) is 115 cm³/mol. The van der Waals surface area contributed by atoms with Crippen LogP contribution in [0.1, 0.15) is 18.9 Å². The quantitative estimate of drug-likeness (QED) is 0.513. The van der Waals surface area contributed by atoms with Gasteiger partial charge in [-0.1, -0.05) is 18.2 Å². The molecule has 6 heteroatoms. The van der Waals surface area contributed by atoms with Gasteiger partial charge in [-0.25, -0.2) is 0 Å². The summed E-state index contributed by atoms with van der Waals surface area (Å²) in [5, 5.41) is 2.88. The number of carbonyl (C=O) groups excluding carboxylic acids is 1. The molecular formula is C22H28N2O3S. The first-order valence-electron chi connectivity index (χ1n) is 9.61. The minimum absolute atomic E-state index is 0.0570. The molecule has 1 aliphatic heterocycles. The molecule has 0 saturated heterocycles. The van der Waals surface area contributed by atoms with Gasteiger partial charge < -0.3 is 19.7 Å². The van der Waals surface area contributed by atoms with E-state index in [1.807, 2.05) is 25.1 Å². The van der Waals surface area contributed by atoms with Crippen LogP contribution in [0, 0.1) is 0 Å². The molecule has 0 bridgehead atoms. The van der Waals surface area contributed by atoms with Gasteiger partial charge in [0, 0.05) is 30.2 Å². The van der Waals surface area contributed by atoms with Crippen molar-refractivity contribution in [3.63, 3.8) is 0 Å². The Hall–Kier alpha value is -2.34. The second-order valence-corrected chi connectivity index (χ2v) is 8.20. The SMILES string of the molecule is COc1ccc(S[C@H](C)C(=O)NCCCN2CCc3ccccc32)cc1OC. The van der Waals surface area contributed by atoms with Crippen LogP contribution in [-0.4, -0.2) is 45.0 Å². The van der Waals surface area contributed by atoms with E-state index in [2.05, 4.69) is 34.5 Å². The summed E-state index contributed by atoms with van der Waals surface area (Å²) < 4.78 is 10.6. The average Bonchev–Trinajstić information content (AvgIpc) is 3.14. The molecule has 1 N–H and O–H groups in total. The zero-order chi connectivity index (χ0) is 19.9. The van der Waals surface area contributed by atoms with Gasteiger partial charge in [-0.05, 0) is 49.6 Å². The molecule has 150 valence electrons. The van der Waals surface area contributed by atoms with Crippen LogP contribution in [0.2, 0.25) is 0 Å². The molecule has 1 amide bonds. The Bertz CT molecular complexity index is 812. The van der Waals surface area contributed by atoms with Crippen molar-refractivity contribution in [2.24, 2.45) is 0 Å². The molecule has 0 saturated carbocycles. The van der Waals surface area contributed by atoms with E-state index in [0.29, 0.717) is 18.0 Å². The zero-order valence-corrected chi connectivity index (χ0v) is 17.6. The first-order valence-corrected chi connectivity index (χ1v) is 10.5. The molecule has 28 heavy (non-hydrogen) atoms. The third kappa shape index (κ3) is 4.93. The Balaban J connectivity index is 1.42. The molecule has 2 aromatic carbocycles. The van der Waals surface area contributed by atoms with Gasteiger partial charge in [0.1, 0.15) is 0 Å². The van der Waals surface area contributed by atoms with Gasteiger partial charge in [-0.15, -0.1) is 11.8 Å². The van der Waals surface area contributed by atoms with Crippen LogP contribution >= 0.6 is 11.8 Å². The number of amides is 1. The van der Waals surface area contributed by atoms with Crippen LogP contribution in [0.25, 0.3) is 0 Å². The standard InChI is InChI=1S/C22H28N2O3S/c1-16(28-18-9-10-20(26-2)21(15-18)27-3)22(25)23-12-6-13-24-14-11-17-7-4-5-8-19(17)24/h4-5,7-10,15-16H,6,11-14H2,1-3H3,(H,23,25)/t16-/m1/s1. The van der Waals surface area contributed by atoms with E-state index >= 15 is 0 Å². The summed E-state index contributed by atoms with van der Waals surface area (Å²) in [5.41, 5.74) is 2.76. The summed E-state index contributed by atoms with van der Waals surface area (Å²) in [6.45, 7) is 4.65. The molecule has 5 nitrogen and oxygen atoms in total. The van der Waals surface area contributed by atoms with Crippen molar-refractivity contribution in [3.05, 3.63) is 48.0 Å². The van der Waals surface area contributed by atoms with E-state index in [-0.39, 0.29) is 11.2 Å². The zero-order valence-electron chi connectivity index (χ0n) is 16.7. The highest BCUT2D eigenvalue weighted by Gasteiger charge is 2.18. The Labute approximate surface area is 171 Å². The van der Waals surface area contributed by atoms with E-state index in [1.165, 1.54) is 23.0 Å². The fourth-order valence-corrected chi connectivity index (χ4v) is 4.33. The maximum atomic E-state index is 12.4. The lowest BCUT2D eigenvalue weighted by Gasteiger charge is -2.19. The van der Waals surface area contributed by atoms with Crippen molar-refractivity contribution < 1.29 is 14.3 Å². The van der Waals surface area contributed by atoms with Crippen molar-refractivity contribution in [1.82, 2.24) is 5.32 Å². The summed E-state index contributed by atoms with van der Waals surface area (Å²) in [6.07, 6.45) is 2.05. The fraction of sp³-hybridized carbons (Fsp3) is 0.409. The van der Waals surface area contributed by atoms with Crippen LogP contribution in [0.15, 0.2) is 47.4 Å². The van der Waals surface area contributed by atoms with E-state index in [4.69, 9.17) is 9.47 Å². The molecule has 1 aliphatic rings. The number of ether oxygens (including phenoxy) is 2. The molecule has 0 aliphatic carbocycles. The van der Waals surface area contributed by atoms with Crippen molar-refractivity contribution in [1.29, 1.82) is 0 Å². The number of benzene rings is 2. The summed E-state index contributed by atoms with van der Waals surface area (Å²) >= 11 is 1.52. The van der Waals surface area contributed by atoms with Crippen molar-refractivity contribution in [2.45, 2.75) is 29.9 Å². The normalized spacial score (nSPS) is 13.8. The number of rotatable bonds is 9. The number of anilines is 1. The molecule has 1 atom stereocenters. The van der Waals surface area contributed by atoms with E-state index in [1.54, 1.807) is 14.2 Å². The second kappa shape index (κ2) is 9.73. The smallest absolute Gasteiger partial charge is 0.233 e.